The molecule has 0 aliphatic rings. The number of carbonyl (C=O) groups excluding carboxylic acids is 1. The van der Waals surface area contributed by atoms with Crippen LogP contribution in [0.2, 0.25) is 0 Å². The number of carbonyl (C=O) groups is 1. The molecular formula is C20H16N2O5S. The van der Waals surface area contributed by atoms with E-state index in [1.165, 1.54) is 24.5 Å². The molecule has 0 unspecified atom stereocenters. The summed E-state index contributed by atoms with van der Waals surface area (Å²) in [6.07, 6.45) is 1.28. The smallest absolute Gasteiger partial charge is 0.291 e. The van der Waals surface area contributed by atoms with E-state index in [9.17, 15) is 13.2 Å². The van der Waals surface area contributed by atoms with Crippen LogP contribution in [0.5, 0.6) is 5.75 Å². The van der Waals surface area contributed by atoms with Gasteiger partial charge in [0.2, 0.25) is 0 Å². The Bertz CT molecular complexity index is 1100. The lowest BCUT2D eigenvalue weighted by atomic mass is 10.2. The Kier molecular flexibility index (Phi) is 5.77. The molecule has 28 heavy (non-hydrogen) atoms. The summed E-state index contributed by atoms with van der Waals surface area (Å²) >= 11 is 0. The number of nitriles is 1. The van der Waals surface area contributed by atoms with Crippen molar-refractivity contribution >= 4 is 21.4 Å². The van der Waals surface area contributed by atoms with Gasteiger partial charge in [0.25, 0.3) is 5.91 Å². The summed E-state index contributed by atoms with van der Waals surface area (Å²) in [5.74, 6) is -0.484. The Morgan fingerprint density at radius 2 is 1.79 bits per heavy atom. The fourth-order valence-corrected chi connectivity index (χ4v) is 3.88. The molecule has 1 aromatic heterocycles. The molecule has 142 valence electrons. The van der Waals surface area contributed by atoms with Crippen molar-refractivity contribution in [2.45, 2.75) is 10.6 Å². The van der Waals surface area contributed by atoms with E-state index in [4.69, 9.17) is 14.4 Å². The third kappa shape index (κ3) is 4.58. The van der Waals surface area contributed by atoms with Gasteiger partial charge in [-0.05, 0) is 42.5 Å². The molecule has 8 heteroatoms. The van der Waals surface area contributed by atoms with Gasteiger partial charge >= 0.3 is 0 Å². The maximum absolute atomic E-state index is 12.5. The predicted molar refractivity (Wildman–Crippen MR) is 102 cm³/mol. The Morgan fingerprint density at radius 3 is 2.46 bits per heavy atom. The molecule has 1 amide bonds. The molecule has 0 spiro atoms. The van der Waals surface area contributed by atoms with Gasteiger partial charge in [-0.3, -0.25) is 4.79 Å². The summed E-state index contributed by atoms with van der Waals surface area (Å²) in [4.78, 5) is 12.7. The molecule has 0 bridgehead atoms. The van der Waals surface area contributed by atoms with Gasteiger partial charge in [0.15, 0.2) is 22.2 Å². The lowest BCUT2D eigenvalue weighted by molar-refractivity contribution is 0.0995. The summed E-state index contributed by atoms with van der Waals surface area (Å²) in [5.41, 5.74) is 0.748. The largest absolute Gasteiger partial charge is 0.479 e. The summed E-state index contributed by atoms with van der Waals surface area (Å²) in [6, 6.07) is 17.8. The number of amides is 1. The number of rotatable bonds is 7. The third-order valence-electron chi connectivity index (χ3n) is 3.82. The van der Waals surface area contributed by atoms with Gasteiger partial charge in [-0.25, -0.2) is 8.42 Å². The van der Waals surface area contributed by atoms with E-state index in [1.54, 1.807) is 42.5 Å². The number of benzene rings is 2. The molecule has 0 aliphatic heterocycles. The summed E-state index contributed by atoms with van der Waals surface area (Å²) in [6.45, 7) is -0.0721. The lowest BCUT2D eigenvalue weighted by Gasteiger charge is -2.07. The highest BCUT2D eigenvalue weighted by Crippen LogP contribution is 2.22. The second-order valence-electron chi connectivity index (χ2n) is 5.77. The SMILES string of the molecule is N#CCOc1ccc(NC(=O)c2occc2CS(=O)(=O)c2ccccc2)cc1. The molecule has 1 N–H and O–H groups in total. The molecular weight excluding hydrogens is 380 g/mol. The molecule has 0 fully saturated rings. The second kappa shape index (κ2) is 8.41. The highest BCUT2D eigenvalue weighted by Gasteiger charge is 2.22. The molecule has 7 nitrogen and oxygen atoms in total. The van der Waals surface area contributed by atoms with Gasteiger partial charge in [-0.1, -0.05) is 18.2 Å². The molecule has 0 atom stereocenters. The van der Waals surface area contributed by atoms with Crippen LogP contribution in [0.3, 0.4) is 0 Å². The van der Waals surface area contributed by atoms with Crippen LogP contribution in [0.1, 0.15) is 16.1 Å². The number of nitrogens with zero attached hydrogens (tertiary/aromatic N) is 1. The second-order valence-corrected chi connectivity index (χ2v) is 7.76. The van der Waals surface area contributed by atoms with Gasteiger partial charge < -0.3 is 14.5 Å². The Labute approximate surface area is 162 Å². The van der Waals surface area contributed by atoms with Crippen LogP contribution in [0.15, 0.2) is 76.2 Å². The quantitative estimate of drug-likeness (QED) is 0.655. The van der Waals surface area contributed by atoms with Crippen LogP contribution in [-0.2, 0) is 15.6 Å². The topological polar surface area (TPSA) is 109 Å². The van der Waals surface area contributed by atoms with Crippen molar-refractivity contribution in [3.05, 3.63) is 78.3 Å². The maximum Gasteiger partial charge on any atom is 0.291 e. The van der Waals surface area contributed by atoms with Crippen molar-refractivity contribution < 1.29 is 22.4 Å². The number of hydrogen-bond donors (Lipinski definition) is 1. The van der Waals surface area contributed by atoms with Gasteiger partial charge in [0.1, 0.15) is 11.8 Å². The van der Waals surface area contributed by atoms with Crippen LogP contribution in [0.4, 0.5) is 5.69 Å². The summed E-state index contributed by atoms with van der Waals surface area (Å²) < 4.78 is 35.5. The zero-order chi connectivity index (χ0) is 20.0. The first kappa shape index (κ1) is 19.2. The predicted octanol–water partition coefficient (Wildman–Crippen LogP) is 3.41. The minimum Gasteiger partial charge on any atom is -0.479 e. The first-order chi connectivity index (χ1) is 13.5. The number of anilines is 1. The molecule has 1 heterocycles. The van der Waals surface area contributed by atoms with E-state index in [0.29, 0.717) is 11.4 Å². The van der Waals surface area contributed by atoms with Crippen molar-refractivity contribution in [3.8, 4) is 11.8 Å². The number of nitrogens with one attached hydrogen (secondary N) is 1. The molecule has 3 aromatic rings. The zero-order valence-electron chi connectivity index (χ0n) is 14.7. The minimum absolute atomic E-state index is 0.0655. The van der Waals surface area contributed by atoms with Crippen LogP contribution in [0, 0.1) is 11.3 Å². The van der Waals surface area contributed by atoms with Crippen LogP contribution >= 0.6 is 0 Å². The molecule has 0 saturated carbocycles. The van der Waals surface area contributed by atoms with E-state index >= 15 is 0 Å². The average Bonchev–Trinajstić information content (AvgIpc) is 3.15. The van der Waals surface area contributed by atoms with Crippen LogP contribution in [-0.4, -0.2) is 20.9 Å². The number of hydrogen-bond acceptors (Lipinski definition) is 6. The monoisotopic (exact) mass is 396 g/mol. The normalized spacial score (nSPS) is 10.8. The third-order valence-corrected chi connectivity index (χ3v) is 5.50. The number of ether oxygens (including phenoxy) is 1. The van der Waals surface area contributed by atoms with Crippen molar-refractivity contribution in [2.75, 3.05) is 11.9 Å². The molecule has 2 aromatic carbocycles. The maximum atomic E-state index is 12.5. The van der Waals surface area contributed by atoms with Crippen molar-refractivity contribution in [3.63, 3.8) is 0 Å². The zero-order valence-corrected chi connectivity index (χ0v) is 15.5. The summed E-state index contributed by atoms with van der Waals surface area (Å²) in [7, 11) is -3.61. The number of furan rings is 1. The highest BCUT2D eigenvalue weighted by atomic mass is 32.2. The first-order valence-electron chi connectivity index (χ1n) is 8.25. The Morgan fingerprint density at radius 1 is 1.07 bits per heavy atom. The van der Waals surface area contributed by atoms with Gasteiger partial charge in [0, 0.05) is 11.3 Å². The van der Waals surface area contributed by atoms with Crippen LogP contribution in [0.25, 0.3) is 0 Å². The average molecular weight is 396 g/mol. The van der Waals surface area contributed by atoms with Crippen molar-refractivity contribution in [1.29, 1.82) is 5.26 Å². The fraction of sp³-hybridized carbons (Fsp3) is 0.100. The van der Waals surface area contributed by atoms with E-state index in [2.05, 4.69) is 5.32 Å². The van der Waals surface area contributed by atoms with Crippen molar-refractivity contribution in [1.82, 2.24) is 0 Å². The highest BCUT2D eigenvalue weighted by molar-refractivity contribution is 7.90. The van der Waals surface area contributed by atoms with E-state index in [-0.39, 0.29) is 28.6 Å². The van der Waals surface area contributed by atoms with Crippen molar-refractivity contribution in [2.24, 2.45) is 0 Å². The molecule has 0 aliphatic carbocycles. The van der Waals surface area contributed by atoms with Gasteiger partial charge in [-0.15, -0.1) is 0 Å². The Balaban J connectivity index is 1.73. The minimum atomic E-state index is -3.61. The Hall–Kier alpha value is -3.57. The first-order valence-corrected chi connectivity index (χ1v) is 9.90. The van der Waals surface area contributed by atoms with E-state index in [0.717, 1.165) is 0 Å². The standard InChI is InChI=1S/C20H16N2O5S/c21-11-13-26-17-8-6-16(7-9-17)22-20(23)19-15(10-12-27-19)14-28(24,25)18-4-2-1-3-5-18/h1-10,12H,13-14H2,(H,22,23). The van der Waals surface area contributed by atoms with Gasteiger partial charge in [-0.2, -0.15) is 5.26 Å². The molecule has 0 radical (unpaired) electrons. The number of sulfone groups is 1. The van der Waals surface area contributed by atoms with Crippen LogP contribution < -0.4 is 10.1 Å². The lowest BCUT2D eigenvalue weighted by Crippen LogP contribution is -2.14. The van der Waals surface area contributed by atoms with E-state index < -0.39 is 15.7 Å². The molecule has 3 rings (SSSR count). The molecule has 0 saturated heterocycles. The summed E-state index contributed by atoms with van der Waals surface area (Å²) in [5, 5.41) is 11.1. The van der Waals surface area contributed by atoms with E-state index in [1.807, 2.05) is 6.07 Å². The van der Waals surface area contributed by atoms with Gasteiger partial charge in [0.05, 0.1) is 16.9 Å². The fourth-order valence-electron chi connectivity index (χ4n) is 2.50.